The number of aliphatic hydroxyl groups excluding tert-OH is 1. The zero-order chi connectivity index (χ0) is 26.7. The maximum absolute atomic E-state index is 13.0. The maximum atomic E-state index is 13.0. The van der Waals surface area contributed by atoms with Gasteiger partial charge in [-0.1, -0.05) is 26.0 Å². The van der Waals surface area contributed by atoms with E-state index in [-0.39, 0.29) is 5.92 Å². The van der Waals surface area contributed by atoms with Crippen molar-refractivity contribution in [2.75, 3.05) is 0 Å². The normalized spacial score (nSPS) is 34.5. The fraction of sp³-hybridized carbons (Fsp3) is 0.741. The summed E-state index contributed by atoms with van der Waals surface area (Å²) in [4.78, 5) is 38.1. The first-order valence-electron chi connectivity index (χ1n) is 12.5. The third-order valence-electron chi connectivity index (χ3n) is 7.26. The monoisotopic (exact) mass is 494 g/mol. The van der Waals surface area contributed by atoms with Gasteiger partial charge >= 0.3 is 17.9 Å². The number of ether oxygens (including phenoxy) is 4. The lowest BCUT2D eigenvalue weighted by Gasteiger charge is -2.40. The summed E-state index contributed by atoms with van der Waals surface area (Å²) in [6.07, 6.45) is 1.11. The molecule has 1 aliphatic carbocycles. The number of carbonyl (C=O) groups is 3. The predicted molar refractivity (Wildman–Crippen MR) is 130 cm³/mol. The molecule has 1 saturated heterocycles. The van der Waals surface area contributed by atoms with Gasteiger partial charge in [0.05, 0.1) is 17.6 Å². The summed E-state index contributed by atoms with van der Waals surface area (Å²) in [5.41, 5.74) is 0.661. The van der Waals surface area contributed by atoms with Crippen molar-refractivity contribution in [3.8, 4) is 0 Å². The van der Waals surface area contributed by atoms with Crippen molar-refractivity contribution in [1.29, 1.82) is 0 Å². The van der Waals surface area contributed by atoms with Crippen LogP contribution in [0.1, 0.15) is 75.2 Å². The molecule has 0 aromatic heterocycles. The Morgan fingerprint density at radius 3 is 2.26 bits per heavy atom. The number of carbonyl (C=O) groups excluding carboxylic acids is 3. The summed E-state index contributed by atoms with van der Waals surface area (Å²) in [6, 6.07) is 0. The van der Waals surface area contributed by atoms with Crippen LogP contribution in [-0.2, 0) is 33.3 Å². The highest BCUT2D eigenvalue weighted by atomic mass is 16.6. The van der Waals surface area contributed by atoms with Gasteiger partial charge in [-0.05, 0) is 65.9 Å². The lowest BCUT2D eigenvalue weighted by atomic mass is 9.77. The van der Waals surface area contributed by atoms with E-state index < -0.39 is 65.9 Å². The third-order valence-corrected chi connectivity index (χ3v) is 7.26. The second-order valence-electron chi connectivity index (χ2n) is 10.5. The zero-order valence-corrected chi connectivity index (χ0v) is 22.5. The van der Waals surface area contributed by atoms with E-state index in [2.05, 4.69) is 0 Å². The Bertz CT molecular complexity index is 857. The highest BCUT2D eigenvalue weighted by Crippen LogP contribution is 2.48. The van der Waals surface area contributed by atoms with E-state index in [9.17, 15) is 19.5 Å². The van der Waals surface area contributed by atoms with E-state index in [1.165, 1.54) is 13.8 Å². The molecule has 1 aliphatic heterocycles. The van der Waals surface area contributed by atoms with Crippen LogP contribution in [-0.4, -0.2) is 59.1 Å². The van der Waals surface area contributed by atoms with E-state index in [0.29, 0.717) is 18.4 Å². The van der Waals surface area contributed by atoms with Gasteiger partial charge < -0.3 is 24.1 Å². The first-order chi connectivity index (χ1) is 16.2. The van der Waals surface area contributed by atoms with Gasteiger partial charge in [-0.25, -0.2) is 4.79 Å². The Kier molecular flexibility index (Phi) is 9.71. The quantitative estimate of drug-likeness (QED) is 0.187. The average molecular weight is 495 g/mol. The van der Waals surface area contributed by atoms with Crippen LogP contribution in [0.4, 0.5) is 0 Å². The summed E-state index contributed by atoms with van der Waals surface area (Å²) in [5, 5.41) is 9.97. The van der Waals surface area contributed by atoms with Crippen LogP contribution in [0.25, 0.3) is 0 Å². The van der Waals surface area contributed by atoms with Gasteiger partial charge in [0.2, 0.25) is 0 Å². The Morgan fingerprint density at radius 1 is 1.11 bits per heavy atom. The molecule has 8 heteroatoms. The molecule has 198 valence electrons. The third kappa shape index (κ3) is 6.94. The molecule has 1 heterocycles. The van der Waals surface area contributed by atoms with Crippen LogP contribution < -0.4 is 0 Å². The molecule has 35 heavy (non-hydrogen) atoms. The average Bonchev–Trinajstić information content (AvgIpc) is 3.44. The number of fused-ring (bicyclic) bond motifs is 1. The van der Waals surface area contributed by atoms with E-state index in [1.54, 1.807) is 26.8 Å². The number of rotatable bonds is 7. The van der Waals surface area contributed by atoms with E-state index >= 15 is 0 Å². The highest BCUT2D eigenvalue weighted by Gasteiger charge is 2.61. The van der Waals surface area contributed by atoms with Crippen molar-refractivity contribution in [2.24, 2.45) is 17.8 Å². The minimum Gasteiger partial charge on any atom is -0.459 e. The minimum atomic E-state index is -0.927. The van der Waals surface area contributed by atoms with Gasteiger partial charge in [0.15, 0.2) is 6.10 Å². The van der Waals surface area contributed by atoms with Crippen molar-refractivity contribution < 1.29 is 38.4 Å². The Balaban J connectivity index is 2.64. The molecule has 2 rings (SSSR count). The number of esters is 3. The van der Waals surface area contributed by atoms with Gasteiger partial charge in [-0.3, -0.25) is 9.59 Å². The molecular weight excluding hydrogens is 452 g/mol. The molecule has 0 unspecified atom stereocenters. The summed E-state index contributed by atoms with van der Waals surface area (Å²) < 4.78 is 23.9. The van der Waals surface area contributed by atoms with Crippen LogP contribution in [0.5, 0.6) is 0 Å². The molecule has 0 aromatic rings. The topological polar surface area (TPSA) is 112 Å². The van der Waals surface area contributed by atoms with Crippen LogP contribution in [0, 0.1) is 17.8 Å². The molecule has 8 atom stereocenters. The van der Waals surface area contributed by atoms with E-state index in [4.69, 9.17) is 18.9 Å². The number of hydrogen-bond acceptors (Lipinski definition) is 8. The molecular formula is C27H42O8. The Morgan fingerprint density at radius 2 is 1.74 bits per heavy atom. The molecule has 1 fully saturated rings. The zero-order valence-electron chi connectivity index (χ0n) is 22.5. The lowest BCUT2D eigenvalue weighted by molar-refractivity contribution is -0.181. The first-order valence-corrected chi connectivity index (χ1v) is 12.5. The molecule has 0 radical (unpaired) electrons. The second-order valence-corrected chi connectivity index (χ2v) is 10.5. The van der Waals surface area contributed by atoms with Gasteiger partial charge in [0.1, 0.15) is 18.3 Å². The standard InChI is InChI=1S/C27H42O8/c1-10-15(4)25(30)33-22-20(14(2)3)23(34-26(31)17(6)18(7)28)24-27(9,35-24)13-11-12-16(5)21(22)32-19(8)29/h10,12,14,17-18,20-24,28H,11,13H2,1-9H3/b15-10+,16-12-/t17-,18-,20-,21-,22+,23-,24+,27+/m0/s1. The molecule has 0 aromatic carbocycles. The second kappa shape index (κ2) is 11.7. The molecule has 1 N–H and O–H groups in total. The molecule has 8 nitrogen and oxygen atoms in total. The lowest BCUT2D eigenvalue weighted by Crippen LogP contribution is -2.52. The van der Waals surface area contributed by atoms with Crippen molar-refractivity contribution >= 4 is 17.9 Å². The number of epoxide rings is 1. The van der Waals surface area contributed by atoms with Crippen molar-refractivity contribution in [3.63, 3.8) is 0 Å². The van der Waals surface area contributed by atoms with E-state index in [1.807, 2.05) is 33.8 Å². The Labute approximate surface area is 209 Å². The van der Waals surface area contributed by atoms with Crippen LogP contribution in [0.3, 0.4) is 0 Å². The van der Waals surface area contributed by atoms with Crippen molar-refractivity contribution in [1.82, 2.24) is 0 Å². The summed E-state index contributed by atoms with van der Waals surface area (Å²) in [5.74, 6) is -3.04. The summed E-state index contributed by atoms with van der Waals surface area (Å²) >= 11 is 0. The van der Waals surface area contributed by atoms with Gasteiger partial charge in [0.25, 0.3) is 0 Å². The van der Waals surface area contributed by atoms with Gasteiger partial charge in [-0.2, -0.15) is 0 Å². The van der Waals surface area contributed by atoms with Crippen molar-refractivity contribution in [3.05, 3.63) is 23.3 Å². The summed E-state index contributed by atoms with van der Waals surface area (Å²) in [6.45, 7) is 15.6. The minimum absolute atomic E-state index is 0.142. The SMILES string of the molecule is C/C=C(\C)C(=O)O[C@@H]1[C@H](C(C)C)[C@H](OC(=O)[C@@H](C)[C@H](C)O)[C@H]2O[C@]2(C)CC/C=C(/C)[C@@H]1OC(C)=O. The van der Waals surface area contributed by atoms with Crippen molar-refractivity contribution in [2.45, 2.75) is 111 Å². The van der Waals surface area contributed by atoms with Gasteiger partial charge in [0, 0.05) is 18.4 Å². The summed E-state index contributed by atoms with van der Waals surface area (Å²) in [7, 11) is 0. The van der Waals surface area contributed by atoms with Crippen LogP contribution in [0.15, 0.2) is 23.3 Å². The largest absolute Gasteiger partial charge is 0.459 e. The number of allylic oxidation sites excluding steroid dienone is 2. The molecule has 0 amide bonds. The Hall–Kier alpha value is -2.19. The highest BCUT2D eigenvalue weighted by molar-refractivity contribution is 5.87. The van der Waals surface area contributed by atoms with Crippen LogP contribution in [0.2, 0.25) is 0 Å². The fourth-order valence-electron chi connectivity index (χ4n) is 4.58. The fourth-order valence-corrected chi connectivity index (χ4v) is 4.58. The number of aliphatic hydroxyl groups is 1. The predicted octanol–water partition coefficient (Wildman–Crippen LogP) is 3.89. The molecule has 2 aliphatic rings. The number of hydrogen-bond donors (Lipinski definition) is 1. The smallest absolute Gasteiger partial charge is 0.333 e. The molecule has 0 bridgehead atoms. The van der Waals surface area contributed by atoms with E-state index in [0.717, 1.165) is 5.57 Å². The van der Waals surface area contributed by atoms with Crippen LogP contribution >= 0.6 is 0 Å². The molecule has 0 spiro atoms. The first kappa shape index (κ1) is 29.0. The maximum Gasteiger partial charge on any atom is 0.333 e. The molecule has 0 saturated carbocycles. The van der Waals surface area contributed by atoms with Gasteiger partial charge in [-0.15, -0.1) is 0 Å².